The minimum atomic E-state index is 0.721. The Morgan fingerprint density at radius 3 is 2.62 bits per heavy atom. The van der Waals surface area contributed by atoms with Crippen LogP contribution in [0.1, 0.15) is 25.4 Å². The van der Waals surface area contributed by atoms with Crippen molar-refractivity contribution in [2.24, 2.45) is 5.92 Å². The highest BCUT2D eigenvalue weighted by molar-refractivity contribution is 14.1. The number of aryl methyl sites for hydroxylation is 1. The molecule has 0 aliphatic rings. The number of rotatable bonds is 5. The Balaban J connectivity index is 2.70. The zero-order valence-electron chi connectivity index (χ0n) is 10.2. The molecule has 1 rings (SSSR count). The number of hydrogen-bond acceptors (Lipinski definition) is 4. The molecule has 3 nitrogen and oxygen atoms in total. The molecule has 0 aliphatic heterocycles. The van der Waals surface area contributed by atoms with E-state index in [0.29, 0.717) is 0 Å². The lowest BCUT2D eigenvalue weighted by Gasteiger charge is -2.09. The third-order valence-electron chi connectivity index (χ3n) is 1.98. The zero-order valence-corrected chi connectivity index (χ0v) is 13.1. The summed E-state index contributed by atoms with van der Waals surface area (Å²) in [6, 6.07) is 0. The molecule has 0 atom stereocenters. The summed E-state index contributed by atoms with van der Waals surface area (Å²) < 4.78 is 1.11. The van der Waals surface area contributed by atoms with E-state index in [2.05, 4.69) is 51.7 Å². The first-order chi connectivity index (χ1) is 7.54. The molecule has 90 valence electrons. The minimum absolute atomic E-state index is 0.721. The van der Waals surface area contributed by atoms with Gasteiger partial charge in [0.2, 0.25) is 0 Å². The molecule has 1 aromatic heterocycles. The highest BCUT2D eigenvalue weighted by Gasteiger charge is 2.08. The van der Waals surface area contributed by atoms with Crippen molar-refractivity contribution in [2.45, 2.75) is 26.5 Å². The first-order valence-corrected chi connectivity index (χ1v) is 7.56. The Morgan fingerprint density at radius 2 is 2.06 bits per heavy atom. The van der Waals surface area contributed by atoms with Crippen LogP contribution in [0.5, 0.6) is 0 Å². The number of nitrogens with one attached hydrogen (secondary N) is 1. The maximum atomic E-state index is 4.50. The number of aromatic nitrogens is 2. The molecule has 0 radical (unpaired) electrons. The van der Waals surface area contributed by atoms with Gasteiger partial charge in [0.25, 0.3) is 0 Å². The lowest BCUT2D eigenvalue weighted by molar-refractivity contribution is 0.749. The third-order valence-corrected chi connectivity index (χ3v) is 4.64. The van der Waals surface area contributed by atoms with E-state index < -0.39 is 0 Å². The maximum Gasteiger partial charge on any atom is 0.143 e. The van der Waals surface area contributed by atoms with E-state index in [1.54, 1.807) is 0 Å². The number of thioether (sulfide) groups is 1. The van der Waals surface area contributed by atoms with Crippen molar-refractivity contribution < 1.29 is 0 Å². The van der Waals surface area contributed by atoms with Crippen molar-refractivity contribution in [1.29, 1.82) is 0 Å². The Hall–Kier alpha value is -0.0400. The number of anilines is 1. The SMILES string of the molecule is CNc1nc(CSCC(C)C)nc(C)c1I. The average molecular weight is 351 g/mol. The molecule has 0 bridgehead atoms. The van der Waals surface area contributed by atoms with Crippen LogP contribution in [-0.2, 0) is 5.75 Å². The van der Waals surface area contributed by atoms with E-state index in [-0.39, 0.29) is 0 Å². The topological polar surface area (TPSA) is 37.8 Å². The smallest absolute Gasteiger partial charge is 0.143 e. The van der Waals surface area contributed by atoms with Crippen molar-refractivity contribution in [2.75, 3.05) is 18.1 Å². The summed E-state index contributed by atoms with van der Waals surface area (Å²) in [7, 11) is 1.90. The summed E-state index contributed by atoms with van der Waals surface area (Å²) in [5.41, 5.74) is 1.06. The highest BCUT2D eigenvalue weighted by atomic mass is 127. The van der Waals surface area contributed by atoms with Gasteiger partial charge in [-0.15, -0.1) is 0 Å². The first-order valence-electron chi connectivity index (χ1n) is 5.33. The number of hydrogen-bond donors (Lipinski definition) is 1. The second kappa shape index (κ2) is 6.64. The fourth-order valence-electron chi connectivity index (χ4n) is 1.23. The van der Waals surface area contributed by atoms with Gasteiger partial charge in [-0.2, -0.15) is 11.8 Å². The molecule has 0 aliphatic carbocycles. The van der Waals surface area contributed by atoms with E-state index in [4.69, 9.17) is 0 Å². The number of nitrogens with zero attached hydrogens (tertiary/aromatic N) is 2. The summed E-state index contributed by atoms with van der Waals surface area (Å²) in [5, 5.41) is 3.11. The van der Waals surface area contributed by atoms with E-state index in [0.717, 1.165) is 38.3 Å². The Kier molecular flexibility index (Phi) is 5.82. The average Bonchev–Trinajstić information content (AvgIpc) is 2.22. The molecule has 16 heavy (non-hydrogen) atoms. The van der Waals surface area contributed by atoms with Crippen LogP contribution in [0.15, 0.2) is 0 Å². The van der Waals surface area contributed by atoms with Crippen LogP contribution < -0.4 is 5.32 Å². The summed E-state index contributed by atoms with van der Waals surface area (Å²) in [6.07, 6.45) is 0. The van der Waals surface area contributed by atoms with Crippen LogP contribution in [0.4, 0.5) is 5.82 Å². The summed E-state index contributed by atoms with van der Waals surface area (Å²) in [4.78, 5) is 9.00. The van der Waals surface area contributed by atoms with Crippen LogP contribution in [0, 0.1) is 16.4 Å². The fourth-order valence-corrected chi connectivity index (χ4v) is 2.65. The molecule has 5 heteroatoms. The molecular weight excluding hydrogens is 333 g/mol. The van der Waals surface area contributed by atoms with Gasteiger partial charge >= 0.3 is 0 Å². The Labute approximate surface area is 115 Å². The molecule has 0 fully saturated rings. The minimum Gasteiger partial charge on any atom is -0.372 e. The predicted molar refractivity (Wildman–Crippen MR) is 80.0 cm³/mol. The molecule has 1 heterocycles. The second-order valence-corrected chi connectivity index (χ2v) is 6.16. The molecule has 0 amide bonds. The van der Waals surface area contributed by atoms with Crippen LogP contribution in [0.25, 0.3) is 0 Å². The molecule has 0 unspecified atom stereocenters. The molecule has 0 saturated carbocycles. The maximum absolute atomic E-state index is 4.50. The van der Waals surface area contributed by atoms with Crippen LogP contribution in [-0.4, -0.2) is 22.8 Å². The number of halogens is 1. The van der Waals surface area contributed by atoms with Gasteiger partial charge in [-0.25, -0.2) is 9.97 Å². The lowest BCUT2D eigenvalue weighted by atomic mass is 10.3. The van der Waals surface area contributed by atoms with Crippen molar-refractivity contribution in [1.82, 2.24) is 9.97 Å². The standard InChI is InChI=1S/C11H18IN3S/c1-7(2)5-16-6-9-14-8(3)10(12)11(13-4)15-9/h7H,5-6H2,1-4H3,(H,13,14,15). The van der Waals surface area contributed by atoms with Crippen LogP contribution >= 0.6 is 34.4 Å². The molecular formula is C11H18IN3S. The lowest BCUT2D eigenvalue weighted by Crippen LogP contribution is -2.05. The van der Waals surface area contributed by atoms with E-state index >= 15 is 0 Å². The van der Waals surface area contributed by atoms with Gasteiger partial charge in [0.15, 0.2) is 0 Å². The zero-order chi connectivity index (χ0) is 12.1. The Morgan fingerprint density at radius 1 is 1.38 bits per heavy atom. The largest absolute Gasteiger partial charge is 0.372 e. The van der Waals surface area contributed by atoms with Crippen molar-refractivity contribution in [3.05, 3.63) is 15.1 Å². The van der Waals surface area contributed by atoms with E-state index in [1.165, 1.54) is 0 Å². The van der Waals surface area contributed by atoms with Gasteiger partial charge in [0.05, 0.1) is 15.0 Å². The van der Waals surface area contributed by atoms with E-state index in [1.807, 2.05) is 25.7 Å². The predicted octanol–water partition coefficient (Wildman–Crippen LogP) is 3.32. The second-order valence-electron chi connectivity index (χ2n) is 4.05. The normalized spacial score (nSPS) is 10.9. The van der Waals surface area contributed by atoms with Crippen molar-refractivity contribution >= 4 is 40.2 Å². The molecule has 0 saturated heterocycles. The summed E-state index contributed by atoms with van der Waals surface area (Å²) in [6.45, 7) is 6.49. The van der Waals surface area contributed by atoms with Gasteiger partial charge in [0.1, 0.15) is 11.6 Å². The van der Waals surface area contributed by atoms with E-state index in [9.17, 15) is 0 Å². The molecule has 0 aromatic carbocycles. The van der Waals surface area contributed by atoms with Gasteiger partial charge < -0.3 is 5.32 Å². The van der Waals surface area contributed by atoms with Crippen molar-refractivity contribution in [3.63, 3.8) is 0 Å². The highest BCUT2D eigenvalue weighted by Crippen LogP contribution is 2.20. The quantitative estimate of drug-likeness (QED) is 0.826. The van der Waals surface area contributed by atoms with Gasteiger partial charge in [-0.05, 0) is 41.2 Å². The van der Waals surface area contributed by atoms with Gasteiger partial charge in [-0.3, -0.25) is 0 Å². The third kappa shape index (κ3) is 4.08. The monoisotopic (exact) mass is 351 g/mol. The van der Waals surface area contributed by atoms with Crippen LogP contribution in [0.3, 0.4) is 0 Å². The molecule has 1 aromatic rings. The Bertz CT molecular complexity index is 355. The van der Waals surface area contributed by atoms with Gasteiger partial charge in [0, 0.05) is 7.05 Å². The van der Waals surface area contributed by atoms with Crippen LogP contribution in [0.2, 0.25) is 0 Å². The fraction of sp³-hybridized carbons (Fsp3) is 0.636. The van der Waals surface area contributed by atoms with Gasteiger partial charge in [-0.1, -0.05) is 13.8 Å². The molecule has 0 spiro atoms. The summed E-state index contributed by atoms with van der Waals surface area (Å²) >= 11 is 4.17. The molecule has 1 N–H and O–H groups in total. The van der Waals surface area contributed by atoms with Crippen molar-refractivity contribution in [3.8, 4) is 0 Å². The summed E-state index contributed by atoms with van der Waals surface area (Å²) in [5.74, 6) is 4.63. The first kappa shape index (κ1) is 14.0.